The number of carbonyl (C=O) groups excluding carboxylic acids is 2. The molecule has 6 nitrogen and oxygen atoms in total. The number of carbonyl (C=O) groups is 2. The number of aromatic nitrogens is 1. The zero-order chi connectivity index (χ0) is 17.1. The molecule has 0 bridgehead atoms. The van der Waals surface area contributed by atoms with Gasteiger partial charge in [0.1, 0.15) is 11.9 Å². The molecule has 0 aliphatic carbocycles. The topological polar surface area (TPSA) is 71.5 Å². The first-order valence-corrected chi connectivity index (χ1v) is 7.57. The summed E-state index contributed by atoms with van der Waals surface area (Å²) in [6, 6.07) is 7.27. The van der Waals surface area contributed by atoms with E-state index in [4.69, 9.17) is 4.74 Å². The number of nitrogens with zero attached hydrogens (tertiary/aromatic N) is 2. The van der Waals surface area contributed by atoms with E-state index in [1.54, 1.807) is 12.1 Å². The number of cyclic esters (lactones) is 1. The van der Waals surface area contributed by atoms with Gasteiger partial charge in [0.25, 0.3) is 5.91 Å². The van der Waals surface area contributed by atoms with Gasteiger partial charge in [0.05, 0.1) is 17.8 Å². The Balaban J connectivity index is 1.78. The predicted molar refractivity (Wildman–Crippen MR) is 86.5 cm³/mol. The van der Waals surface area contributed by atoms with E-state index in [2.05, 4.69) is 10.3 Å². The normalized spacial score (nSPS) is 16.8. The second-order valence-corrected chi connectivity index (χ2v) is 5.38. The maximum atomic E-state index is 14.3. The van der Waals surface area contributed by atoms with E-state index < -0.39 is 17.8 Å². The first kappa shape index (κ1) is 15.9. The average molecular weight is 329 g/mol. The van der Waals surface area contributed by atoms with E-state index in [0.717, 1.165) is 0 Å². The van der Waals surface area contributed by atoms with Crippen LogP contribution in [0.3, 0.4) is 0 Å². The SMILES string of the molecule is CC[C@H]1CN(c2ccc(C(=O)Nc3ccncc3)c(F)c2)C(=O)O1. The Morgan fingerprint density at radius 3 is 2.75 bits per heavy atom. The molecule has 0 saturated carbocycles. The molecule has 2 amide bonds. The molecule has 1 saturated heterocycles. The first-order valence-electron chi connectivity index (χ1n) is 7.57. The van der Waals surface area contributed by atoms with Crippen LogP contribution in [-0.2, 0) is 4.74 Å². The fraction of sp³-hybridized carbons (Fsp3) is 0.235. The van der Waals surface area contributed by atoms with Crippen LogP contribution in [0.15, 0.2) is 42.7 Å². The molecule has 2 aromatic rings. The van der Waals surface area contributed by atoms with Crippen molar-refractivity contribution < 1.29 is 18.7 Å². The molecule has 1 aromatic carbocycles. The van der Waals surface area contributed by atoms with Crippen molar-refractivity contribution in [2.75, 3.05) is 16.8 Å². The van der Waals surface area contributed by atoms with E-state index >= 15 is 0 Å². The lowest BCUT2D eigenvalue weighted by atomic mass is 10.1. The molecule has 1 atom stereocenters. The standard InChI is InChI=1S/C17H16FN3O3/c1-2-13-10-21(17(23)24-13)12-3-4-14(15(18)9-12)16(22)20-11-5-7-19-8-6-11/h3-9,13H,2,10H2,1H3,(H,19,20,22)/t13-/m0/s1. The van der Waals surface area contributed by atoms with E-state index in [-0.39, 0.29) is 11.7 Å². The van der Waals surface area contributed by atoms with Gasteiger partial charge in [0, 0.05) is 18.1 Å². The molecule has 1 aliphatic heterocycles. The maximum absolute atomic E-state index is 14.3. The minimum atomic E-state index is -0.702. The molecule has 24 heavy (non-hydrogen) atoms. The van der Waals surface area contributed by atoms with Crippen LogP contribution in [0, 0.1) is 5.82 Å². The second kappa shape index (κ2) is 6.66. The van der Waals surface area contributed by atoms with Crippen LogP contribution in [0.1, 0.15) is 23.7 Å². The third kappa shape index (κ3) is 3.19. The monoisotopic (exact) mass is 329 g/mol. The highest BCUT2D eigenvalue weighted by Gasteiger charge is 2.31. The predicted octanol–water partition coefficient (Wildman–Crippen LogP) is 3.21. The summed E-state index contributed by atoms with van der Waals surface area (Å²) in [5, 5.41) is 2.59. The zero-order valence-corrected chi connectivity index (χ0v) is 13.0. The second-order valence-electron chi connectivity index (χ2n) is 5.38. The van der Waals surface area contributed by atoms with Gasteiger partial charge in [0.2, 0.25) is 0 Å². The number of pyridine rings is 1. The Kier molecular flexibility index (Phi) is 4.41. The third-order valence-corrected chi connectivity index (χ3v) is 3.78. The van der Waals surface area contributed by atoms with Gasteiger partial charge >= 0.3 is 6.09 Å². The molecule has 7 heteroatoms. The van der Waals surface area contributed by atoms with Crippen molar-refractivity contribution in [2.45, 2.75) is 19.4 Å². The van der Waals surface area contributed by atoms with Crippen molar-refractivity contribution in [3.05, 3.63) is 54.1 Å². The van der Waals surface area contributed by atoms with Gasteiger partial charge < -0.3 is 10.1 Å². The molecule has 2 heterocycles. The van der Waals surface area contributed by atoms with E-state index in [0.29, 0.717) is 24.3 Å². The molecule has 3 rings (SSSR count). The number of hydrogen-bond acceptors (Lipinski definition) is 4. The zero-order valence-electron chi connectivity index (χ0n) is 13.0. The summed E-state index contributed by atoms with van der Waals surface area (Å²) in [4.78, 5) is 29.2. The number of ether oxygens (including phenoxy) is 1. The summed E-state index contributed by atoms with van der Waals surface area (Å²) in [6.07, 6.45) is 3.04. The summed E-state index contributed by atoms with van der Waals surface area (Å²) in [5.74, 6) is -1.27. The van der Waals surface area contributed by atoms with Crippen LogP contribution >= 0.6 is 0 Å². The molecule has 1 N–H and O–H groups in total. The summed E-state index contributed by atoms with van der Waals surface area (Å²) in [7, 11) is 0. The van der Waals surface area contributed by atoms with Crippen LogP contribution in [0.2, 0.25) is 0 Å². The minimum Gasteiger partial charge on any atom is -0.444 e. The third-order valence-electron chi connectivity index (χ3n) is 3.78. The van der Waals surface area contributed by atoms with Crippen LogP contribution < -0.4 is 10.2 Å². The molecule has 124 valence electrons. The lowest BCUT2D eigenvalue weighted by Crippen LogP contribution is -2.25. The van der Waals surface area contributed by atoms with Gasteiger partial charge in [-0.05, 0) is 36.8 Å². The number of nitrogens with one attached hydrogen (secondary N) is 1. The fourth-order valence-electron chi connectivity index (χ4n) is 2.43. The highest BCUT2D eigenvalue weighted by Crippen LogP contribution is 2.25. The number of benzene rings is 1. The summed E-state index contributed by atoms with van der Waals surface area (Å²) in [6.45, 7) is 2.28. The van der Waals surface area contributed by atoms with Gasteiger partial charge in [0.15, 0.2) is 0 Å². The molecular weight excluding hydrogens is 313 g/mol. The molecule has 0 radical (unpaired) electrons. The Hall–Kier alpha value is -2.96. The van der Waals surface area contributed by atoms with Gasteiger partial charge in [-0.1, -0.05) is 6.92 Å². The Bertz CT molecular complexity index is 767. The fourth-order valence-corrected chi connectivity index (χ4v) is 2.43. The van der Waals surface area contributed by atoms with Crippen molar-refractivity contribution >= 4 is 23.4 Å². The number of halogens is 1. The molecule has 0 unspecified atom stereocenters. The molecule has 0 spiro atoms. The summed E-state index contributed by atoms with van der Waals surface area (Å²) in [5.41, 5.74) is 0.788. The van der Waals surface area contributed by atoms with Crippen LogP contribution in [-0.4, -0.2) is 29.6 Å². The first-order chi connectivity index (χ1) is 11.6. The van der Waals surface area contributed by atoms with Crippen molar-refractivity contribution in [1.82, 2.24) is 4.98 Å². The molecule has 1 fully saturated rings. The number of amides is 2. The number of rotatable bonds is 4. The van der Waals surface area contributed by atoms with Crippen LogP contribution in [0.25, 0.3) is 0 Å². The van der Waals surface area contributed by atoms with E-state index in [9.17, 15) is 14.0 Å². The lowest BCUT2D eigenvalue weighted by molar-refractivity contribution is 0.102. The summed E-state index contributed by atoms with van der Waals surface area (Å²) >= 11 is 0. The molecule has 1 aliphatic rings. The maximum Gasteiger partial charge on any atom is 0.414 e. The van der Waals surface area contributed by atoms with Crippen LogP contribution in [0.4, 0.5) is 20.6 Å². The molecule has 1 aromatic heterocycles. The van der Waals surface area contributed by atoms with Gasteiger partial charge in [-0.25, -0.2) is 9.18 Å². The Morgan fingerprint density at radius 1 is 1.38 bits per heavy atom. The van der Waals surface area contributed by atoms with Gasteiger partial charge in [-0.2, -0.15) is 0 Å². The summed E-state index contributed by atoms with van der Waals surface area (Å²) < 4.78 is 19.5. The van der Waals surface area contributed by atoms with Crippen molar-refractivity contribution in [3.63, 3.8) is 0 Å². The van der Waals surface area contributed by atoms with Gasteiger partial charge in [-0.3, -0.25) is 14.7 Å². The largest absolute Gasteiger partial charge is 0.444 e. The quantitative estimate of drug-likeness (QED) is 0.935. The number of hydrogen-bond donors (Lipinski definition) is 1. The van der Waals surface area contributed by atoms with E-state index in [1.807, 2.05) is 6.92 Å². The highest BCUT2D eigenvalue weighted by molar-refractivity contribution is 6.04. The van der Waals surface area contributed by atoms with Gasteiger partial charge in [-0.15, -0.1) is 0 Å². The highest BCUT2D eigenvalue weighted by atomic mass is 19.1. The number of anilines is 2. The van der Waals surface area contributed by atoms with Crippen molar-refractivity contribution in [1.29, 1.82) is 0 Å². The average Bonchev–Trinajstić information content (AvgIpc) is 2.96. The molecular formula is C17H16FN3O3. The Morgan fingerprint density at radius 2 is 2.12 bits per heavy atom. The van der Waals surface area contributed by atoms with Crippen molar-refractivity contribution in [2.24, 2.45) is 0 Å². The van der Waals surface area contributed by atoms with Crippen LogP contribution in [0.5, 0.6) is 0 Å². The Labute approximate surface area is 138 Å². The smallest absolute Gasteiger partial charge is 0.414 e. The van der Waals surface area contributed by atoms with Crippen molar-refractivity contribution in [3.8, 4) is 0 Å². The lowest BCUT2D eigenvalue weighted by Gasteiger charge is -2.14. The van der Waals surface area contributed by atoms with E-state index in [1.165, 1.54) is 35.5 Å². The minimum absolute atomic E-state index is 0.102.